The fourth-order valence-corrected chi connectivity index (χ4v) is 2.01. The van der Waals surface area contributed by atoms with Crippen molar-refractivity contribution in [3.63, 3.8) is 0 Å². The van der Waals surface area contributed by atoms with Gasteiger partial charge in [-0.1, -0.05) is 13.8 Å². The number of primary amides is 1. The van der Waals surface area contributed by atoms with E-state index in [-0.39, 0.29) is 31.7 Å². The SMILES string of the molecule is CC(C)[C@H](NC(=O)[C@@H](N)CCC(=O)OC(C)(C)C)C(=O)NCCC(N)=O. The number of esters is 1. The summed E-state index contributed by atoms with van der Waals surface area (Å²) in [5.74, 6) is -2.11. The smallest absolute Gasteiger partial charge is 0.306 e. The lowest BCUT2D eigenvalue weighted by molar-refractivity contribution is -0.155. The van der Waals surface area contributed by atoms with Crippen LogP contribution in [0.5, 0.6) is 0 Å². The molecule has 26 heavy (non-hydrogen) atoms. The molecule has 6 N–H and O–H groups in total. The monoisotopic (exact) mass is 372 g/mol. The average molecular weight is 372 g/mol. The second-order valence-electron chi connectivity index (χ2n) is 7.47. The van der Waals surface area contributed by atoms with E-state index in [1.165, 1.54) is 0 Å². The van der Waals surface area contributed by atoms with Crippen molar-refractivity contribution in [2.45, 2.75) is 71.6 Å². The highest BCUT2D eigenvalue weighted by Crippen LogP contribution is 2.10. The van der Waals surface area contributed by atoms with Gasteiger partial charge in [-0.05, 0) is 33.1 Å². The van der Waals surface area contributed by atoms with Crippen LogP contribution in [0.15, 0.2) is 0 Å². The van der Waals surface area contributed by atoms with Crippen molar-refractivity contribution in [3.05, 3.63) is 0 Å². The molecule has 150 valence electrons. The molecule has 0 saturated heterocycles. The highest BCUT2D eigenvalue weighted by atomic mass is 16.6. The lowest BCUT2D eigenvalue weighted by Crippen LogP contribution is -2.54. The molecule has 0 aliphatic rings. The number of ether oxygens (including phenoxy) is 1. The quantitative estimate of drug-likeness (QED) is 0.382. The summed E-state index contributed by atoms with van der Waals surface area (Å²) in [6.45, 7) is 8.89. The van der Waals surface area contributed by atoms with Crippen molar-refractivity contribution in [1.29, 1.82) is 0 Å². The number of nitrogens with one attached hydrogen (secondary N) is 2. The molecule has 0 unspecified atom stereocenters. The van der Waals surface area contributed by atoms with Gasteiger partial charge in [0.15, 0.2) is 0 Å². The molecule has 0 spiro atoms. The molecule has 0 aromatic heterocycles. The number of rotatable bonds is 10. The lowest BCUT2D eigenvalue weighted by atomic mass is 10.0. The molecule has 0 bridgehead atoms. The summed E-state index contributed by atoms with van der Waals surface area (Å²) in [5.41, 5.74) is 10.2. The summed E-state index contributed by atoms with van der Waals surface area (Å²) in [7, 11) is 0. The Labute approximate surface area is 154 Å². The van der Waals surface area contributed by atoms with Crippen molar-refractivity contribution in [2.24, 2.45) is 17.4 Å². The van der Waals surface area contributed by atoms with Gasteiger partial charge in [0.2, 0.25) is 17.7 Å². The van der Waals surface area contributed by atoms with Gasteiger partial charge in [0, 0.05) is 19.4 Å². The van der Waals surface area contributed by atoms with Gasteiger partial charge in [-0.15, -0.1) is 0 Å². The minimum atomic E-state index is -0.942. The van der Waals surface area contributed by atoms with E-state index < -0.39 is 41.4 Å². The maximum atomic E-state index is 12.2. The predicted octanol–water partition coefficient (Wildman–Crippen LogP) is -0.432. The van der Waals surface area contributed by atoms with Crippen LogP contribution >= 0.6 is 0 Å². The number of hydrogen-bond acceptors (Lipinski definition) is 6. The molecule has 2 atom stereocenters. The Morgan fingerprint density at radius 2 is 1.62 bits per heavy atom. The second-order valence-corrected chi connectivity index (χ2v) is 7.47. The molecule has 0 aromatic carbocycles. The first-order valence-corrected chi connectivity index (χ1v) is 8.67. The molecule has 0 saturated carbocycles. The number of hydrogen-bond donors (Lipinski definition) is 4. The van der Waals surface area contributed by atoms with Gasteiger partial charge in [-0.3, -0.25) is 19.2 Å². The lowest BCUT2D eigenvalue weighted by Gasteiger charge is -2.24. The Kier molecular flexibility index (Phi) is 9.85. The van der Waals surface area contributed by atoms with Gasteiger partial charge in [0.25, 0.3) is 0 Å². The third-order valence-electron chi connectivity index (χ3n) is 3.33. The average Bonchev–Trinajstić information content (AvgIpc) is 2.47. The van der Waals surface area contributed by atoms with Crippen LogP contribution in [-0.2, 0) is 23.9 Å². The second kappa shape index (κ2) is 10.7. The van der Waals surface area contributed by atoms with Gasteiger partial charge < -0.3 is 26.8 Å². The van der Waals surface area contributed by atoms with Crippen LogP contribution in [0.25, 0.3) is 0 Å². The molecule has 0 aliphatic heterocycles. The summed E-state index contributed by atoms with van der Waals surface area (Å²) in [6.07, 6.45) is 0.123. The Hall–Kier alpha value is -2.16. The first-order chi connectivity index (χ1) is 11.8. The van der Waals surface area contributed by atoms with Crippen LogP contribution in [0, 0.1) is 5.92 Å². The van der Waals surface area contributed by atoms with Crippen LogP contribution in [0.2, 0.25) is 0 Å². The minimum absolute atomic E-state index is 0.00299. The van der Waals surface area contributed by atoms with E-state index >= 15 is 0 Å². The zero-order valence-electron chi connectivity index (χ0n) is 16.3. The minimum Gasteiger partial charge on any atom is -0.460 e. The third-order valence-corrected chi connectivity index (χ3v) is 3.33. The Bertz CT molecular complexity index is 514. The highest BCUT2D eigenvalue weighted by molar-refractivity contribution is 5.90. The van der Waals surface area contributed by atoms with Crippen molar-refractivity contribution in [2.75, 3.05) is 6.54 Å². The van der Waals surface area contributed by atoms with Crippen LogP contribution in [0.4, 0.5) is 0 Å². The molecule has 0 aliphatic carbocycles. The van der Waals surface area contributed by atoms with Crippen LogP contribution in [0.1, 0.15) is 53.9 Å². The van der Waals surface area contributed by atoms with Gasteiger partial charge in [-0.2, -0.15) is 0 Å². The van der Waals surface area contributed by atoms with E-state index in [2.05, 4.69) is 10.6 Å². The number of nitrogens with two attached hydrogens (primary N) is 2. The van der Waals surface area contributed by atoms with E-state index in [0.717, 1.165) is 0 Å². The first kappa shape index (κ1) is 23.8. The zero-order valence-corrected chi connectivity index (χ0v) is 16.3. The van der Waals surface area contributed by atoms with Crippen LogP contribution in [0.3, 0.4) is 0 Å². The molecule has 0 rings (SSSR count). The van der Waals surface area contributed by atoms with E-state index in [0.29, 0.717) is 0 Å². The fourth-order valence-electron chi connectivity index (χ4n) is 2.01. The van der Waals surface area contributed by atoms with Crippen molar-refractivity contribution in [3.8, 4) is 0 Å². The standard InChI is InChI=1S/C17H32N4O5/c1-10(2)14(16(25)20-9-8-12(19)22)21-15(24)11(18)6-7-13(23)26-17(3,4)5/h10-11,14H,6-9,18H2,1-5H3,(H2,19,22)(H,20,25)(H,21,24)/t11-,14-/m0/s1. The maximum absolute atomic E-state index is 12.2. The van der Waals surface area contributed by atoms with Crippen LogP contribution in [-0.4, -0.2) is 47.9 Å². The molecular weight excluding hydrogens is 340 g/mol. The molecule has 0 fully saturated rings. The molecule has 0 aromatic rings. The molecule has 9 nitrogen and oxygen atoms in total. The van der Waals surface area contributed by atoms with Gasteiger partial charge in [-0.25, -0.2) is 0 Å². The number of carbonyl (C=O) groups excluding carboxylic acids is 4. The first-order valence-electron chi connectivity index (χ1n) is 8.67. The molecular formula is C17H32N4O5. The van der Waals surface area contributed by atoms with Crippen molar-refractivity contribution >= 4 is 23.7 Å². The Balaban J connectivity index is 4.53. The van der Waals surface area contributed by atoms with Crippen molar-refractivity contribution < 1.29 is 23.9 Å². The fraction of sp³-hybridized carbons (Fsp3) is 0.765. The van der Waals surface area contributed by atoms with E-state index in [1.54, 1.807) is 34.6 Å². The topological polar surface area (TPSA) is 154 Å². The third kappa shape index (κ3) is 10.7. The predicted molar refractivity (Wildman–Crippen MR) is 96.6 cm³/mol. The summed E-state index contributed by atoms with van der Waals surface area (Å²) >= 11 is 0. The number of carbonyl (C=O) groups is 4. The summed E-state index contributed by atoms with van der Waals surface area (Å²) in [4.78, 5) is 46.8. The maximum Gasteiger partial charge on any atom is 0.306 e. The van der Waals surface area contributed by atoms with E-state index in [1.807, 2.05) is 0 Å². The summed E-state index contributed by atoms with van der Waals surface area (Å²) in [5, 5.41) is 5.13. The van der Waals surface area contributed by atoms with Crippen molar-refractivity contribution in [1.82, 2.24) is 10.6 Å². The molecule has 0 radical (unpaired) electrons. The van der Waals surface area contributed by atoms with E-state index in [9.17, 15) is 19.2 Å². The van der Waals surface area contributed by atoms with Gasteiger partial charge in [0.1, 0.15) is 11.6 Å². The van der Waals surface area contributed by atoms with Gasteiger partial charge >= 0.3 is 5.97 Å². The largest absolute Gasteiger partial charge is 0.460 e. The molecule has 0 heterocycles. The Morgan fingerprint density at radius 1 is 1.04 bits per heavy atom. The molecule has 3 amide bonds. The van der Waals surface area contributed by atoms with E-state index in [4.69, 9.17) is 16.2 Å². The normalized spacial score (nSPS) is 13.7. The highest BCUT2D eigenvalue weighted by Gasteiger charge is 2.27. The molecule has 9 heteroatoms. The van der Waals surface area contributed by atoms with Crippen LogP contribution < -0.4 is 22.1 Å². The summed E-state index contributed by atoms with van der Waals surface area (Å²) < 4.78 is 5.16. The van der Waals surface area contributed by atoms with Gasteiger partial charge in [0.05, 0.1) is 6.04 Å². The Morgan fingerprint density at radius 3 is 2.08 bits per heavy atom. The number of amides is 3. The summed E-state index contributed by atoms with van der Waals surface area (Å²) in [6, 6.07) is -1.75. The zero-order chi connectivity index (χ0) is 20.5.